The number of hydrogen-bond donors (Lipinski definition) is 1. The number of carboxylic acids is 1. The lowest BCUT2D eigenvalue weighted by atomic mass is 9.89. The van der Waals surface area contributed by atoms with Crippen LogP contribution in [0, 0.1) is 11.7 Å². The Kier molecular flexibility index (Phi) is 5.23. The van der Waals surface area contributed by atoms with E-state index in [1.54, 1.807) is 0 Å². The van der Waals surface area contributed by atoms with Crippen molar-refractivity contribution in [3.05, 3.63) is 71.0 Å². The first-order valence-corrected chi connectivity index (χ1v) is 6.99. The van der Waals surface area contributed by atoms with Gasteiger partial charge in [0.15, 0.2) is 0 Å². The van der Waals surface area contributed by atoms with Crippen LogP contribution in [0.4, 0.5) is 17.6 Å². The standard InChI is InChI=1S/C17H14F4O3/c18-13-3-1-2-11(9-13)15(22)14(16(23)24)8-10-4-6-12(7-5-10)17(19,20)21/h1-7,9,14-15,22H,8H2,(H,23,24)/p-1. The van der Waals surface area contributed by atoms with Gasteiger partial charge in [-0.05, 0) is 41.8 Å². The highest BCUT2D eigenvalue weighted by Gasteiger charge is 2.30. The molecule has 0 heterocycles. The van der Waals surface area contributed by atoms with Crippen molar-refractivity contribution in [2.45, 2.75) is 18.7 Å². The SMILES string of the molecule is O=C([O-])C(Cc1ccc(C(F)(F)F)cc1)C(O)c1cccc(F)c1. The van der Waals surface area contributed by atoms with E-state index in [1.807, 2.05) is 0 Å². The molecule has 2 atom stereocenters. The second kappa shape index (κ2) is 7.00. The lowest BCUT2D eigenvalue weighted by molar-refractivity contribution is -0.314. The van der Waals surface area contributed by atoms with E-state index in [2.05, 4.69) is 0 Å². The van der Waals surface area contributed by atoms with E-state index < -0.39 is 35.5 Å². The van der Waals surface area contributed by atoms with Crippen LogP contribution in [0.2, 0.25) is 0 Å². The number of alkyl halides is 3. The number of aliphatic hydroxyl groups is 1. The number of hydrogen-bond acceptors (Lipinski definition) is 3. The predicted octanol–water partition coefficient (Wildman–Crippen LogP) is 2.49. The van der Waals surface area contributed by atoms with Gasteiger partial charge >= 0.3 is 6.18 Å². The molecule has 3 nitrogen and oxygen atoms in total. The molecular weight excluding hydrogens is 328 g/mol. The van der Waals surface area contributed by atoms with E-state index in [4.69, 9.17) is 0 Å². The minimum atomic E-state index is -4.49. The van der Waals surface area contributed by atoms with E-state index >= 15 is 0 Å². The number of benzene rings is 2. The molecule has 0 fully saturated rings. The number of carboxylic acid groups (broad SMARTS) is 1. The third kappa shape index (κ3) is 4.32. The molecule has 2 rings (SSSR count). The Balaban J connectivity index is 2.21. The van der Waals surface area contributed by atoms with Crippen LogP contribution in [-0.4, -0.2) is 11.1 Å². The maximum atomic E-state index is 13.2. The lowest BCUT2D eigenvalue weighted by Crippen LogP contribution is -2.36. The Morgan fingerprint density at radius 1 is 1.12 bits per heavy atom. The van der Waals surface area contributed by atoms with Gasteiger partial charge in [-0.25, -0.2) is 4.39 Å². The average Bonchev–Trinajstić information content (AvgIpc) is 2.51. The van der Waals surface area contributed by atoms with Crippen LogP contribution in [0.5, 0.6) is 0 Å². The van der Waals surface area contributed by atoms with E-state index in [0.717, 1.165) is 36.4 Å². The molecule has 2 unspecified atom stereocenters. The van der Waals surface area contributed by atoms with Gasteiger partial charge in [0.25, 0.3) is 0 Å². The van der Waals surface area contributed by atoms with Crippen molar-refractivity contribution in [2.75, 3.05) is 0 Å². The van der Waals surface area contributed by atoms with Gasteiger partial charge in [-0.3, -0.25) is 0 Å². The summed E-state index contributed by atoms with van der Waals surface area (Å²) in [6, 6.07) is 8.74. The van der Waals surface area contributed by atoms with Crippen molar-refractivity contribution in [1.82, 2.24) is 0 Å². The monoisotopic (exact) mass is 341 g/mol. The highest BCUT2D eigenvalue weighted by atomic mass is 19.4. The van der Waals surface area contributed by atoms with Gasteiger partial charge in [0, 0.05) is 11.9 Å². The molecule has 0 aliphatic heterocycles. The summed E-state index contributed by atoms with van der Waals surface area (Å²) in [6.07, 6.45) is -6.29. The smallest absolute Gasteiger partial charge is 0.416 e. The minimum Gasteiger partial charge on any atom is -0.550 e. The summed E-state index contributed by atoms with van der Waals surface area (Å²) in [5.41, 5.74) is -0.523. The zero-order valence-corrected chi connectivity index (χ0v) is 12.3. The van der Waals surface area contributed by atoms with Crippen molar-refractivity contribution in [3.8, 4) is 0 Å². The van der Waals surface area contributed by atoms with Crippen LogP contribution in [-0.2, 0) is 17.4 Å². The topological polar surface area (TPSA) is 60.4 Å². The molecule has 0 spiro atoms. The highest BCUT2D eigenvalue weighted by molar-refractivity contribution is 5.69. The number of carbonyl (C=O) groups excluding carboxylic acids is 1. The van der Waals surface area contributed by atoms with Crippen molar-refractivity contribution >= 4 is 5.97 Å². The molecule has 0 saturated heterocycles. The number of aliphatic hydroxyl groups excluding tert-OH is 1. The van der Waals surface area contributed by atoms with Crippen molar-refractivity contribution in [1.29, 1.82) is 0 Å². The molecular formula is C17H13F4O3-. The molecule has 2 aromatic carbocycles. The van der Waals surface area contributed by atoms with Crippen LogP contribution >= 0.6 is 0 Å². The third-order valence-corrected chi connectivity index (χ3v) is 3.61. The second-order valence-electron chi connectivity index (χ2n) is 5.32. The van der Waals surface area contributed by atoms with Crippen LogP contribution in [0.25, 0.3) is 0 Å². The van der Waals surface area contributed by atoms with Gasteiger partial charge in [-0.2, -0.15) is 13.2 Å². The highest BCUT2D eigenvalue weighted by Crippen LogP contribution is 2.30. The van der Waals surface area contributed by atoms with Gasteiger partial charge < -0.3 is 15.0 Å². The lowest BCUT2D eigenvalue weighted by Gasteiger charge is -2.24. The number of halogens is 4. The Hall–Kier alpha value is -2.41. The van der Waals surface area contributed by atoms with Gasteiger partial charge in [0.05, 0.1) is 11.7 Å². The fourth-order valence-electron chi connectivity index (χ4n) is 2.33. The maximum absolute atomic E-state index is 13.2. The summed E-state index contributed by atoms with van der Waals surface area (Å²) in [7, 11) is 0. The van der Waals surface area contributed by atoms with Gasteiger partial charge in [-0.1, -0.05) is 24.3 Å². The summed E-state index contributed by atoms with van der Waals surface area (Å²) in [5, 5.41) is 21.4. The largest absolute Gasteiger partial charge is 0.550 e. The normalized spacial score (nSPS) is 14.2. The molecule has 0 aliphatic rings. The number of aliphatic carboxylic acids is 1. The van der Waals surface area contributed by atoms with E-state index in [-0.39, 0.29) is 17.5 Å². The molecule has 128 valence electrons. The molecule has 2 aromatic rings. The van der Waals surface area contributed by atoms with E-state index in [1.165, 1.54) is 12.1 Å². The fourth-order valence-corrected chi connectivity index (χ4v) is 2.33. The molecule has 0 bridgehead atoms. The van der Waals surface area contributed by atoms with Gasteiger partial charge in [0.1, 0.15) is 5.82 Å². The Morgan fingerprint density at radius 2 is 1.75 bits per heavy atom. The molecule has 0 aromatic heterocycles. The number of rotatable bonds is 5. The molecule has 1 N–H and O–H groups in total. The zero-order valence-electron chi connectivity index (χ0n) is 12.3. The zero-order chi connectivity index (χ0) is 17.9. The fraction of sp³-hybridized carbons (Fsp3) is 0.235. The Bertz CT molecular complexity index is 711. The summed E-state index contributed by atoms with van der Waals surface area (Å²) in [6.45, 7) is 0. The van der Waals surface area contributed by atoms with Gasteiger partial charge in [-0.15, -0.1) is 0 Å². The van der Waals surface area contributed by atoms with E-state index in [9.17, 15) is 32.6 Å². The average molecular weight is 341 g/mol. The Morgan fingerprint density at radius 3 is 2.25 bits per heavy atom. The first-order valence-electron chi connectivity index (χ1n) is 6.99. The van der Waals surface area contributed by atoms with Crippen LogP contribution in [0.3, 0.4) is 0 Å². The van der Waals surface area contributed by atoms with Crippen molar-refractivity contribution in [2.24, 2.45) is 5.92 Å². The summed E-state index contributed by atoms with van der Waals surface area (Å²) in [4.78, 5) is 11.3. The van der Waals surface area contributed by atoms with Crippen LogP contribution < -0.4 is 5.11 Å². The molecule has 24 heavy (non-hydrogen) atoms. The summed E-state index contributed by atoms with van der Waals surface area (Å²) in [5.74, 6) is -3.65. The first kappa shape index (κ1) is 17.9. The Labute approximate surface area is 135 Å². The second-order valence-corrected chi connectivity index (χ2v) is 5.32. The first-order chi connectivity index (χ1) is 11.2. The molecule has 0 amide bonds. The van der Waals surface area contributed by atoms with Crippen LogP contribution in [0.15, 0.2) is 48.5 Å². The predicted molar refractivity (Wildman–Crippen MR) is 75.0 cm³/mol. The third-order valence-electron chi connectivity index (χ3n) is 3.61. The number of carbonyl (C=O) groups is 1. The van der Waals surface area contributed by atoms with Crippen molar-refractivity contribution < 1.29 is 32.6 Å². The van der Waals surface area contributed by atoms with Crippen LogP contribution in [0.1, 0.15) is 22.8 Å². The van der Waals surface area contributed by atoms with E-state index in [0.29, 0.717) is 0 Å². The minimum absolute atomic E-state index is 0.0520. The molecule has 0 radical (unpaired) electrons. The van der Waals surface area contributed by atoms with Crippen molar-refractivity contribution in [3.63, 3.8) is 0 Å². The quantitative estimate of drug-likeness (QED) is 0.850. The molecule has 7 heteroatoms. The summed E-state index contributed by atoms with van der Waals surface area (Å²) < 4.78 is 50.7. The molecule has 0 saturated carbocycles. The van der Waals surface area contributed by atoms with Gasteiger partial charge in [0.2, 0.25) is 0 Å². The molecule has 0 aliphatic carbocycles. The maximum Gasteiger partial charge on any atom is 0.416 e. The summed E-state index contributed by atoms with van der Waals surface area (Å²) >= 11 is 0.